The Bertz CT molecular complexity index is 880. The summed E-state index contributed by atoms with van der Waals surface area (Å²) in [5.41, 5.74) is 4.42. The van der Waals surface area contributed by atoms with Crippen LogP contribution in [0.4, 0.5) is 0 Å². The van der Waals surface area contributed by atoms with Crippen molar-refractivity contribution in [2.75, 3.05) is 32.4 Å². The molecule has 0 bridgehead atoms. The van der Waals surface area contributed by atoms with Crippen molar-refractivity contribution in [3.63, 3.8) is 0 Å². The summed E-state index contributed by atoms with van der Waals surface area (Å²) < 4.78 is 29.9. The molecule has 0 aromatic carbocycles. The van der Waals surface area contributed by atoms with Crippen LogP contribution < -0.4 is 11.1 Å². The zero-order chi connectivity index (χ0) is 18.9. The maximum Gasteiger partial charge on any atom is 0.242 e. The third kappa shape index (κ3) is 3.25. The highest BCUT2D eigenvalue weighted by Crippen LogP contribution is 2.36. The fraction of sp³-hybridized carbons (Fsp3) is 0.412. The van der Waals surface area contributed by atoms with Crippen LogP contribution >= 0.6 is 0 Å². The molecule has 1 aromatic rings. The number of carbonyl (C=O) groups excluding carboxylic acids is 2. The van der Waals surface area contributed by atoms with Gasteiger partial charge in [-0.25, -0.2) is 8.42 Å². The van der Waals surface area contributed by atoms with E-state index in [0.29, 0.717) is 26.2 Å². The maximum absolute atomic E-state index is 12.7. The van der Waals surface area contributed by atoms with Crippen LogP contribution in [0.5, 0.6) is 0 Å². The van der Waals surface area contributed by atoms with Gasteiger partial charge in [0, 0.05) is 44.4 Å². The highest BCUT2D eigenvalue weighted by molar-refractivity contribution is 7.94. The third-order valence-corrected chi connectivity index (χ3v) is 6.06. The van der Waals surface area contributed by atoms with Gasteiger partial charge in [0.1, 0.15) is 5.54 Å². The number of nitrogens with two attached hydrogens (primary N) is 1. The average Bonchev–Trinajstić information content (AvgIpc) is 3.15. The van der Waals surface area contributed by atoms with Crippen LogP contribution in [0.25, 0.3) is 0 Å². The molecule has 1 aliphatic heterocycles. The molecule has 1 aliphatic carbocycles. The van der Waals surface area contributed by atoms with E-state index in [4.69, 9.17) is 10.2 Å². The topological polar surface area (TPSA) is 123 Å². The summed E-state index contributed by atoms with van der Waals surface area (Å²) in [5.74, 6) is -1.13. The number of ketones is 1. The minimum absolute atomic E-state index is 0.00876. The molecule has 3 N–H and O–H groups in total. The molecule has 0 spiro atoms. The average molecular weight is 379 g/mol. The van der Waals surface area contributed by atoms with Gasteiger partial charge in [-0.15, -0.1) is 0 Å². The zero-order valence-electron chi connectivity index (χ0n) is 14.4. The highest BCUT2D eigenvalue weighted by Gasteiger charge is 2.46. The molecular formula is C17H21N3O5S. The van der Waals surface area contributed by atoms with E-state index in [9.17, 15) is 18.0 Å². The Hall–Kier alpha value is -2.23. The molecule has 2 heterocycles. The van der Waals surface area contributed by atoms with Gasteiger partial charge >= 0.3 is 0 Å². The van der Waals surface area contributed by atoms with Crippen molar-refractivity contribution in [1.29, 1.82) is 0 Å². The number of nitrogens with zero attached hydrogens (tertiary/aromatic N) is 1. The lowest BCUT2D eigenvalue weighted by Crippen LogP contribution is -2.62. The molecule has 1 saturated heterocycles. The number of hydrogen-bond acceptors (Lipinski definition) is 7. The number of amides is 1. The van der Waals surface area contributed by atoms with Gasteiger partial charge in [-0.1, -0.05) is 12.2 Å². The monoisotopic (exact) mass is 379 g/mol. The number of hydrogen-bond donors (Lipinski definition) is 2. The van der Waals surface area contributed by atoms with E-state index in [2.05, 4.69) is 5.32 Å². The molecule has 8 nitrogen and oxygen atoms in total. The van der Waals surface area contributed by atoms with E-state index in [0.717, 1.165) is 6.26 Å². The van der Waals surface area contributed by atoms with Crippen molar-refractivity contribution in [2.24, 2.45) is 5.73 Å². The van der Waals surface area contributed by atoms with E-state index in [1.807, 2.05) is 4.90 Å². The van der Waals surface area contributed by atoms with Crippen LogP contribution in [0.15, 0.2) is 45.4 Å². The number of carbonyl (C=O) groups is 2. The Labute approximate surface area is 151 Å². The fourth-order valence-electron chi connectivity index (χ4n) is 3.39. The van der Waals surface area contributed by atoms with Crippen molar-refractivity contribution >= 4 is 21.5 Å². The standard InChI is InChI=1S/C17H21N3O5S/c1-26(23,24)14-11-17(16(18)22,20-8-6-19-7-9-20)5-4-12(14)15(21)13-3-2-10-25-13/h2-5,10,19H,6-9,11H2,1H3,(H2,18,22). The fourth-order valence-corrected chi connectivity index (χ4v) is 4.44. The third-order valence-electron chi connectivity index (χ3n) is 4.80. The summed E-state index contributed by atoms with van der Waals surface area (Å²) in [6, 6.07) is 3.02. The molecule has 1 unspecified atom stereocenters. The van der Waals surface area contributed by atoms with Crippen LogP contribution in [0.2, 0.25) is 0 Å². The molecule has 3 rings (SSSR count). The Kier molecular flexibility index (Phi) is 4.87. The number of sulfone groups is 1. The van der Waals surface area contributed by atoms with Gasteiger partial charge in [-0.3, -0.25) is 14.5 Å². The van der Waals surface area contributed by atoms with Gasteiger partial charge < -0.3 is 15.5 Å². The SMILES string of the molecule is CS(=O)(=O)C1=C(C(=O)c2ccco2)C=CC(C(N)=O)(N2CCNCC2)C1. The molecule has 0 radical (unpaired) electrons. The smallest absolute Gasteiger partial charge is 0.242 e. The van der Waals surface area contributed by atoms with Gasteiger partial charge in [-0.2, -0.15) is 0 Å². The first-order chi connectivity index (χ1) is 12.3. The number of Topliss-reactive ketones (excluding diaryl/α,β-unsaturated/α-hetero) is 1. The first-order valence-corrected chi connectivity index (χ1v) is 10.1. The maximum atomic E-state index is 12.7. The number of primary amides is 1. The molecule has 1 atom stereocenters. The van der Waals surface area contributed by atoms with E-state index >= 15 is 0 Å². The van der Waals surface area contributed by atoms with Gasteiger partial charge in [0.25, 0.3) is 0 Å². The zero-order valence-corrected chi connectivity index (χ0v) is 15.2. The first kappa shape index (κ1) is 18.6. The largest absolute Gasteiger partial charge is 0.461 e. The number of allylic oxidation sites excluding steroid dienone is 2. The molecule has 2 aliphatic rings. The van der Waals surface area contributed by atoms with Crippen LogP contribution in [-0.4, -0.2) is 63.0 Å². The Balaban J connectivity index is 2.07. The first-order valence-electron chi connectivity index (χ1n) is 8.22. The summed E-state index contributed by atoms with van der Waals surface area (Å²) in [7, 11) is -3.74. The lowest BCUT2D eigenvalue weighted by molar-refractivity contribution is -0.127. The summed E-state index contributed by atoms with van der Waals surface area (Å²) in [6.07, 6.45) is 5.14. The van der Waals surface area contributed by atoms with E-state index in [-0.39, 0.29) is 22.7 Å². The minimum atomic E-state index is -3.74. The van der Waals surface area contributed by atoms with Crippen molar-refractivity contribution in [3.05, 3.63) is 46.8 Å². The minimum Gasteiger partial charge on any atom is -0.461 e. The van der Waals surface area contributed by atoms with Crippen LogP contribution in [-0.2, 0) is 14.6 Å². The van der Waals surface area contributed by atoms with E-state index < -0.39 is 27.1 Å². The van der Waals surface area contributed by atoms with Gasteiger partial charge in [0.15, 0.2) is 15.6 Å². The second kappa shape index (κ2) is 6.82. The summed E-state index contributed by atoms with van der Waals surface area (Å²) in [5, 5.41) is 3.18. The van der Waals surface area contributed by atoms with Crippen molar-refractivity contribution in [2.45, 2.75) is 12.0 Å². The van der Waals surface area contributed by atoms with Crippen molar-refractivity contribution < 1.29 is 22.4 Å². The molecular weight excluding hydrogens is 358 g/mol. The lowest BCUT2D eigenvalue weighted by atomic mass is 9.84. The highest BCUT2D eigenvalue weighted by atomic mass is 32.2. The molecule has 0 saturated carbocycles. The van der Waals surface area contributed by atoms with Crippen LogP contribution in [0.1, 0.15) is 17.0 Å². The lowest BCUT2D eigenvalue weighted by Gasteiger charge is -2.43. The molecule has 9 heteroatoms. The molecule has 140 valence electrons. The molecule has 26 heavy (non-hydrogen) atoms. The van der Waals surface area contributed by atoms with Gasteiger partial charge in [-0.05, 0) is 12.1 Å². The normalized spacial score (nSPS) is 24.7. The summed E-state index contributed by atoms with van der Waals surface area (Å²) in [4.78, 5) is 26.8. The van der Waals surface area contributed by atoms with E-state index in [1.54, 1.807) is 12.1 Å². The Morgan fingerprint density at radius 3 is 2.54 bits per heavy atom. The summed E-state index contributed by atoms with van der Waals surface area (Å²) in [6.45, 7) is 2.43. The second-order valence-corrected chi connectivity index (χ2v) is 8.49. The number of nitrogens with one attached hydrogen (secondary N) is 1. The predicted octanol–water partition coefficient (Wildman–Crippen LogP) is -0.150. The van der Waals surface area contributed by atoms with Gasteiger partial charge in [0.2, 0.25) is 11.7 Å². The van der Waals surface area contributed by atoms with Crippen molar-refractivity contribution in [1.82, 2.24) is 10.2 Å². The number of rotatable bonds is 5. The van der Waals surface area contributed by atoms with Crippen LogP contribution in [0, 0.1) is 0 Å². The number of piperazine rings is 1. The van der Waals surface area contributed by atoms with Crippen LogP contribution in [0.3, 0.4) is 0 Å². The number of furan rings is 1. The van der Waals surface area contributed by atoms with Gasteiger partial charge in [0.05, 0.1) is 11.2 Å². The second-order valence-electron chi connectivity index (χ2n) is 6.45. The predicted molar refractivity (Wildman–Crippen MR) is 95.0 cm³/mol. The quantitative estimate of drug-likeness (QED) is 0.682. The molecule has 1 fully saturated rings. The van der Waals surface area contributed by atoms with Crippen molar-refractivity contribution in [3.8, 4) is 0 Å². The molecule has 1 aromatic heterocycles. The molecule has 1 amide bonds. The van der Waals surface area contributed by atoms with E-state index in [1.165, 1.54) is 18.4 Å². The summed E-state index contributed by atoms with van der Waals surface area (Å²) >= 11 is 0. The Morgan fingerprint density at radius 1 is 1.31 bits per heavy atom. The Morgan fingerprint density at radius 2 is 2.00 bits per heavy atom.